The summed E-state index contributed by atoms with van der Waals surface area (Å²) in [4.78, 5) is 12.2. The number of anilines is 1. The lowest BCUT2D eigenvalue weighted by molar-refractivity contribution is -0.119. The van der Waals surface area contributed by atoms with Crippen molar-refractivity contribution in [3.05, 3.63) is 23.8 Å². The van der Waals surface area contributed by atoms with Crippen LogP contribution in [0.1, 0.15) is 12.0 Å². The maximum atomic E-state index is 12.1. The van der Waals surface area contributed by atoms with E-state index in [0.29, 0.717) is 12.1 Å². The number of hydrogen-bond acceptors (Lipinski definition) is 5. The van der Waals surface area contributed by atoms with Crippen LogP contribution in [0, 0.1) is 12.8 Å². The van der Waals surface area contributed by atoms with E-state index in [0.717, 1.165) is 11.8 Å². The minimum absolute atomic E-state index is 0.0213. The molecular weight excluding hydrogens is 314 g/mol. The molecule has 1 fully saturated rings. The Morgan fingerprint density at radius 2 is 2.00 bits per heavy atom. The lowest BCUT2D eigenvalue weighted by atomic mass is 10.1. The number of hydrogen-bond donors (Lipinski definition) is 1. The Labute approximate surface area is 124 Å². The van der Waals surface area contributed by atoms with Gasteiger partial charge in [-0.1, -0.05) is 6.07 Å². The van der Waals surface area contributed by atoms with Crippen LogP contribution in [-0.2, 0) is 24.5 Å². The fourth-order valence-electron chi connectivity index (χ4n) is 2.20. The highest BCUT2D eigenvalue weighted by Gasteiger charge is 2.33. The largest absolute Gasteiger partial charge is 0.326 e. The van der Waals surface area contributed by atoms with Crippen molar-refractivity contribution < 1.29 is 21.6 Å². The average Bonchev–Trinajstić information content (AvgIpc) is 2.71. The third-order valence-electron chi connectivity index (χ3n) is 3.50. The van der Waals surface area contributed by atoms with E-state index in [9.17, 15) is 21.6 Å². The Balaban J connectivity index is 2.22. The van der Waals surface area contributed by atoms with Crippen LogP contribution in [0.5, 0.6) is 0 Å². The highest BCUT2D eigenvalue weighted by Crippen LogP contribution is 2.24. The topological polar surface area (TPSA) is 97.4 Å². The minimum atomic E-state index is -3.36. The van der Waals surface area contributed by atoms with Gasteiger partial charge < -0.3 is 5.32 Å². The van der Waals surface area contributed by atoms with Crippen molar-refractivity contribution in [2.24, 2.45) is 5.92 Å². The molecule has 21 heavy (non-hydrogen) atoms. The molecule has 1 aromatic carbocycles. The molecule has 8 heteroatoms. The number of sulfone groups is 2. The normalized spacial score (nSPS) is 21.1. The van der Waals surface area contributed by atoms with Crippen LogP contribution in [0.2, 0.25) is 0 Å². The molecule has 0 radical (unpaired) electrons. The lowest BCUT2D eigenvalue weighted by Gasteiger charge is -2.12. The Morgan fingerprint density at radius 1 is 1.33 bits per heavy atom. The number of carbonyl (C=O) groups excluding carboxylic acids is 1. The van der Waals surface area contributed by atoms with Gasteiger partial charge in [-0.05, 0) is 31.0 Å². The molecule has 2 rings (SSSR count). The van der Waals surface area contributed by atoms with Crippen molar-refractivity contribution in [3.63, 3.8) is 0 Å². The summed E-state index contributed by atoms with van der Waals surface area (Å²) in [6.45, 7) is 1.74. The first-order chi connectivity index (χ1) is 9.58. The molecule has 0 aromatic heterocycles. The fraction of sp³-hybridized carbons (Fsp3) is 0.462. The van der Waals surface area contributed by atoms with Gasteiger partial charge in [0, 0.05) is 11.9 Å². The quantitative estimate of drug-likeness (QED) is 0.882. The third kappa shape index (κ3) is 3.82. The van der Waals surface area contributed by atoms with Gasteiger partial charge in [0.2, 0.25) is 5.91 Å². The van der Waals surface area contributed by atoms with Crippen LogP contribution >= 0.6 is 0 Å². The zero-order valence-corrected chi connectivity index (χ0v) is 13.4. The molecule has 1 heterocycles. The predicted molar refractivity (Wildman–Crippen MR) is 79.7 cm³/mol. The molecule has 1 aromatic rings. The molecule has 0 saturated carbocycles. The second-order valence-corrected chi connectivity index (χ2v) is 9.58. The summed E-state index contributed by atoms with van der Waals surface area (Å²) in [7, 11) is -6.49. The van der Waals surface area contributed by atoms with Gasteiger partial charge in [0.25, 0.3) is 0 Å². The van der Waals surface area contributed by atoms with Crippen LogP contribution in [0.15, 0.2) is 23.1 Å². The van der Waals surface area contributed by atoms with Gasteiger partial charge in [0.1, 0.15) is 0 Å². The van der Waals surface area contributed by atoms with Gasteiger partial charge in [-0.15, -0.1) is 0 Å². The van der Waals surface area contributed by atoms with Crippen LogP contribution in [0.4, 0.5) is 5.69 Å². The van der Waals surface area contributed by atoms with E-state index < -0.39 is 25.6 Å². The second-order valence-electron chi connectivity index (χ2n) is 5.34. The van der Waals surface area contributed by atoms with Crippen molar-refractivity contribution in [1.82, 2.24) is 0 Å². The molecule has 1 atom stereocenters. The fourth-order valence-corrected chi connectivity index (χ4v) is 4.59. The van der Waals surface area contributed by atoms with Crippen LogP contribution in [0.3, 0.4) is 0 Å². The van der Waals surface area contributed by atoms with Crippen LogP contribution < -0.4 is 5.32 Å². The molecule has 1 unspecified atom stereocenters. The van der Waals surface area contributed by atoms with Crippen molar-refractivity contribution in [2.75, 3.05) is 23.1 Å². The number of carbonyl (C=O) groups is 1. The summed E-state index contributed by atoms with van der Waals surface area (Å²) >= 11 is 0. The average molecular weight is 331 g/mol. The highest BCUT2D eigenvalue weighted by molar-refractivity contribution is 7.91. The summed E-state index contributed by atoms with van der Waals surface area (Å²) in [5.74, 6) is -1.09. The molecule has 0 aliphatic carbocycles. The molecular formula is C13H17NO5S2. The van der Waals surface area contributed by atoms with Gasteiger partial charge in [0.15, 0.2) is 19.7 Å². The predicted octanol–water partition coefficient (Wildman–Crippen LogP) is 0.772. The zero-order chi connectivity index (χ0) is 15.8. The van der Waals surface area contributed by atoms with Crippen molar-refractivity contribution in [2.45, 2.75) is 18.2 Å². The first-order valence-electron chi connectivity index (χ1n) is 6.40. The summed E-state index contributed by atoms with van der Waals surface area (Å²) in [6, 6.07) is 4.48. The van der Waals surface area contributed by atoms with E-state index >= 15 is 0 Å². The Hall–Kier alpha value is -1.41. The zero-order valence-electron chi connectivity index (χ0n) is 11.8. The lowest BCUT2D eigenvalue weighted by Crippen LogP contribution is -2.24. The van der Waals surface area contributed by atoms with Gasteiger partial charge in [-0.25, -0.2) is 16.8 Å². The molecule has 1 amide bonds. The highest BCUT2D eigenvalue weighted by atomic mass is 32.2. The Morgan fingerprint density at radius 3 is 2.52 bits per heavy atom. The van der Waals surface area contributed by atoms with Gasteiger partial charge >= 0.3 is 0 Å². The monoisotopic (exact) mass is 331 g/mol. The summed E-state index contributed by atoms with van der Waals surface area (Å²) in [5.41, 5.74) is 1.11. The molecule has 116 valence electrons. The molecule has 0 spiro atoms. The van der Waals surface area contributed by atoms with Gasteiger partial charge in [0.05, 0.1) is 22.3 Å². The molecule has 0 bridgehead atoms. The number of rotatable bonds is 3. The third-order valence-corrected chi connectivity index (χ3v) is 6.38. The molecule has 1 aliphatic rings. The van der Waals surface area contributed by atoms with E-state index in [-0.39, 0.29) is 22.3 Å². The van der Waals surface area contributed by atoms with E-state index in [1.54, 1.807) is 13.0 Å². The maximum absolute atomic E-state index is 12.1. The Kier molecular flexibility index (Phi) is 4.12. The molecule has 6 nitrogen and oxygen atoms in total. The number of amides is 1. The Bertz CT molecular complexity index is 781. The number of benzene rings is 1. The molecule has 1 N–H and O–H groups in total. The van der Waals surface area contributed by atoms with E-state index in [4.69, 9.17) is 0 Å². The number of nitrogens with one attached hydrogen (secondary N) is 1. The first-order valence-corrected chi connectivity index (χ1v) is 10.1. The van der Waals surface area contributed by atoms with Crippen molar-refractivity contribution in [3.8, 4) is 0 Å². The molecule has 1 saturated heterocycles. The summed E-state index contributed by atoms with van der Waals surface area (Å²) < 4.78 is 45.8. The first kappa shape index (κ1) is 16.0. The SMILES string of the molecule is Cc1ccc(S(C)(=O)=O)cc1NC(=O)C1CCS(=O)(=O)C1. The van der Waals surface area contributed by atoms with E-state index in [1.807, 2.05) is 0 Å². The van der Waals surface area contributed by atoms with E-state index in [1.165, 1.54) is 12.1 Å². The van der Waals surface area contributed by atoms with Gasteiger partial charge in [-0.2, -0.15) is 0 Å². The molecule has 1 aliphatic heterocycles. The number of aryl methyl sites for hydroxylation is 1. The summed E-state index contributed by atoms with van der Waals surface area (Å²) in [6.07, 6.45) is 1.39. The van der Waals surface area contributed by atoms with E-state index in [2.05, 4.69) is 5.32 Å². The van der Waals surface area contributed by atoms with Crippen LogP contribution in [0.25, 0.3) is 0 Å². The standard InChI is InChI=1S/C13H17NO5S2/c1-9-3-4-11(20(2,16)17)7-12(9)14-13(15)10-5-6-21(18,19)8-10/h3-4,7,10H,5-6,8H2,1-2H3,(H,14,15). The smallest absolute Gasteiger partial charge is 0.228 e. The maximum Gasteiger partial charge on any atom is 0.228 e. The minimum Gasteiger partial charge on any atom is -0.326 e. The van der Waals surface area contributed by atoms with Crippen LogP contribution in [-0.4, -0.2) is 40.5 Å². The second kappa shape index (κ2) is 5.42. The summed E-state index contributed by atoms with van der Waals surface area (Å²) in [5, 5.41) is 2.63. The van der Waals surface area contributed by atoms with Crippen molar-refractivity contribution >= 4 is 31.3 Å². The van der Waals surface area contributed by atoms with Gasteiger partial charge in [-0.3, -0.25) is 4.79 Å². The van der Waals surface area contributed by atoms with Crippen molar-refractivity contribution in [1.29, 1.82) is 0 Å².